The summed E-state index contributed by atoms with van der Waals surface area (Å²) in [6, 6.07) is 0. The summed E-state index contributed by atoms with van der Waals surface area (Å²) in [4.78, 5) is 24.3. The molecule has 1 heterocycles. The molecule has 1 aliphatic heterocycles. The molecule has 15 heavy (non-hydrogen) atoms. The summed E-state index contributed by atoms with van der Waals surface area (Å²) in [6.07, 6.45) is 6.54. The molecule has 0 aromatic carbocycles. The van der Waals surface area contributed by atoms with Gasteiger partial charge >= 0.3 is 5.97 Å². The van der Waals surface area contributed by atoms with Crippen LogP contribution in [0.2, 0.25) is 0 Å². The van der Waals surface area contributed by atoms with Gasteiger partial charge in [0.05, 0.1) is 19.4 Å². The number of rotatable bonds is 2. The van der Waals surface area contributed by atoms with Gasteiger partial charge in [-0.15, -0.1) is 6.42 Å². The first-order valence-electron chi connectivity index (χ1n) is 4.98. The van der Waals surface area contributed by atoms with Crippen LogP contribution in [0.25, 0.3) is 0 Å². The number of hydrogen-bond donors (Lipinski definition) is 0. The fraction of sp³-hybridized carbons (Fsp3) is 0.636. The van der Waals surface area contributed by atoms with Gasteiger partial charge in [0.1, 0.15) is 0 Å². The number of carbonyl (C=O) groups excluding carboxylic acids is 2. The molecule has 0 bridgehead atoms. The molecule has 1 saturated heterocycles. The van der Waals surface area contributed by atoms with E-state index < -0.39 is 0 Å². The van der Waals surface area contributed by atoms with E-state index in [1.807, 2.05) is 0 Å². The zero-order valence-electron chi connectivity index (χ0n) is 8.86. The third-order valence-electron chi connectivity index (χ3n) is 2.64. The van der Waals surface area contributed by atoms with Gasteiger partial charge < -0.3 is 9.64 Å². The van der Waals surface area contributed by atoms with E-state index in [0.717, 1.165) is 0 Å². The Hall–Kier alpha value is -1.50. The van der Waals surface area contributed by atoms with Crippen LogP contribution in [0.4, 0.5) is 0 Å². The molecule has 0 radical (unpaired) electrons. The van der Waals surface area contributed by atoms with Crippen LogP contribution in [-0.4, -0.2) is 37.0 Å². The molecular formula is C11H15NO3. The van der Waals surface area contributed by atoms with Gasteiger partial charge in [-0.3, -0.25) is 9.59 Å². The molecule has 0 atom stereocenters. The highest BCUT2D eigenvalue weighted by Crippen LogP contribution is 2.18. The Kier molecular flexibility index (Phi) is 4.17. The maximum atomic E-state index is 11.4. The quantitative estimate of drug-likeness (QED) is 0.489. The van der Waals surface area contributed by atoms with E-state index in [4.69, 9.17) is 6.42 Å². The maximum Gasteiger partial charge on any atom is 0.308 e. The number of ether oxygens (including phenoxy) is 1. The van der Waals surface area contributed by atoms with Crippen LogP contribution in [0.15, 0.2) is 0 Å². The van der Waals surface area contributed by atoms with Gasteiger partial charge in [0.15, 0.2) is 0 Å². The molecular weight excluding hydrogens is 194 g/mol. The van der Waals surface area contributed by atoms with Crippen LogP contribution in [0, 0.1) is 18.3 Å². The Labute approximate surface area is 89.6 Å². The monoisotopic (exact) mass is 209 g/mol. The van der Waals surface area contributed by atoms with Gasteiger partial charge in [-0.2, -0.15) is 0 Å². The largest absolute Gasteiger partial charge is 0.469 e. The third-order valence-corrected chi connectivity index (χ3v) is 2.64. The second-order valence-corrected chi connectivity index (χ2v) is 3.56. The predicted octanol–water partition coefficient (Wildman–Crippen LogP) is 0.421. The molecule has 0 unspecified atom stereocenters. The van der Waals surface area contributed by atoms with Gasteiger partial charge in [-0.05, 0) is 12.8 Å². The van der Waals surface area contributed by atoms with Crippen molar-refractivity contribution < 1.29 is 14.3 Å². The number of carbonyl (C=O) groups is 2. The summed E-state index contributed by atoms with van der Waals surface area (Å²) < 4.78 is 4.66. The molecule has 1 rings (SSSR count). The lowest BCUT2D eigenvalue weighted by molar-refractivity contribution is -0.148. The van der Waals surface area contributed by atoms with Gasteiger partial charge in [0.2, 0.25) is 5.91 Å². The van der Waals surface area contributed by atoms with E-state index in [1.54, 1.807) is 4.90 Å². The SMILES string of the molecule is C#CCC(=O)N1CCC(C(=O)OC)CC1. The lowest BCUT2D eigenvalue weighted by Gasteiger charge is -2.30. The average molecular weight is 209 g/mol. The van der Waals surface area contributed by atoms with Crippen molar-refractivity contribution >= 4 is 11.9 Å². The summed E-state index contributed by atoms with van der Waals surface area (Å²) in [6.45, 7) is 1.20. The molecule has 1 aliphatic rings. The minimum absolute atomic E-state index is 0.0270. The Morgan fingerprint density at radius 2 is 2.07 bits per heavy atom. The molecule has 82 valence electrons. The minimum atomic E-state index is -0.181. The van der Waals surface area contributed by atoms with Crippen LogP contribution in [0.3, 0.4) is 0 Å². The van der Waals surface area contributed by atoms with Crippen LogP contribution in [-0.2, 0) is 14.3 Å². The van der Waals surface area contributed by atoms with Crippen molar-refractivity contribution in [2.45, 2.75) is 19.3 Å². The minimum Gasteiger partial charge on any atom is -0.469 e. The highest BCUT2D eigenvalue weighted by Gasteiger charge is 2.27. The van der Waals surface area contributed by atoms with Crippen molar-refractivity contribution in [1.29, 1.82) is 0 Å². The van der Waals surface area contributed by atoms with Gasteiger partial charge in [-0.1, -0.05) is 5.92 Å². The number of hydrogen-bond acceptors (Lipinski definition) is 3. The Bertz CT molecular complexity index is 285. The van der Waals surface area contributed by atoms with E-state index in [9.17, 15) is 9.59 Å². The molecule has 0 aromatic heterocycles. The number of likely N-dealkylation sites (tertiary alicyclic amines) is 1. The van der Waals surface area contributed by atoms with Gasteiger partial charge in [0, 0.05) is 13.1 Å². The van der Waals surface area contributed by atoms with Crippen molar-refractivity contribution in [1.82, 2.24) is 4.90 Å². The lowest BCUT2D eigenvalue weighted by atomic mass is 9.97. The number of amides is 1. The normalized spacial score (nSPS) is 16.9. The second kappa shape index (κ2) is 5.40. The number of terminal acetylenes is 1. The number of piperidine rings is 1. The smallest absolute Gasteiger partial charge is 0.308 e. The zero-order chi connectivity index (χ0) is 11.3. The van der Waals surface area contributed by atoms with Crippen molar-refractivity contribution in [3.63, 3.8) is 0 Å². The molecule has 0 spiro atoms. The van der Waals surface area contributed by atoms with Crippen molar-refractivity contribution in [3.05, 3.63) is 0 Å². The summed E-state index contributed by atoms with van der Waals surface area (Å²) in [5, 5.41) is 0. The van der Waals surface area contributed by atoms with Crippen molar-refractivity contribution in [2.75, 3.05) is 20.2 Å². The van der Waals surface area contributed by atoms with Crippen LogP contribution in [0.5, 0.6) is 0 Å². The molecule has 0 aliphatic carbocycles. The molecule has 1 fully saturated rings. The van der Waals surface area contributed by atoms with E-state index >= 15 is 0 Å². The highest BCUT2D eigenvalue weighted by atomic mass is 16.5. The highest BCUT2D eigenvalue weighted by molar-refractivity contribution is 5.79. The third kappa shape index (κ3) is 2.98. The first kappa shape index (κ1) is 11.6. The number of methoxy groups -OCH3 is 1. The predicted molar refractivity (Wildman–Crippen MR) is 54.8 cm³/mol. The van der Waals surface area contributed by atoms with Crippen LogP contribution in [0.1, 0.15) is 19.3 Å². The molecule has 4 heteroatoms. The summed E-state index contributed by atoms with van der Waals surface area (Å²) in [5.41, 5.74) is 0. The van der Waals surface area contributed by atoms with E-state index in [1.165, 1.54) is 7.11 Å². The van der Waals surface area contributed by atoms with Crippen molar-refractivity contribution in [2.24, 2.45) is 5.92 Å². The summed E-state index contributed by atoms with van der Waals surface area (Å²) >= 11 is 0. The first-order valence-corrected chi connectivity index (χ1v) is 4.98. The van der Waals surface area contributed by atoms with Crippen molar-refractivity contribution in [3.8, 4) is 12.3 Å². The lowest BCUT2D eigenvalue weighted by Crippen LogP contribution is -2.40. The fourth-order valence-corrected chi connectivity index (χ4v) is 1.73. The molecule has 0 saturated carbocycles. The van der Waals surface area contributed by atoms with E-state index in [-0.39, 0.29) is 24.2 Å². The van der Waals surface area contributed by atoms with E-state index in [0.29, 0.717) is 25.9 Å². The summed E-state index contributed by atoms with van der Waals surface area (Å²) in [5.74, 6) is 2.05. The fourth-order valence-electron chi connectivity index (χ4n) is 1.73. The zero-order valence-corrected chi connectivity index (χ0v) is 8.86. The maximum absolute atomic E-state index is 11.4. The van der Waals surface area contributed by atoms with Crippen LogP contribution >= 0.6 is 0 Å². The van der Waals surface area contributed by atoms with Crippen LogP contribution < -0.4 is 0 Å². The second-order valence-electron chi connectivity index (χ2n) is 3.56. The van der Waals surface area contributed by atoms with Gasteiger partial charge in [-0.25, -0.2) is 0 Å². The molecule has 1 amide bonds. The Balaban J connectivity index is 2.39. The topological polar surface area (TPSA) is 46.6 Å². The molecule has 0 N–H and O–H groups in total. The molecule has 4 nitrogen and oxygen atoms in total. The first-order chi connectivity index (χ1) is 7.19. The molecule has 0 aromatic rings. The van der Waals surface area contributed by atoms with Gasteiger partial charge in [0.25, 0.3) is 0 Å². The number of esters is 1. The summed E-state index contributed by atoms with van der Waals surface area (Å²) in [7, 11) is 1.39. The average Bonchev–Trinajstić information content (AvgIpc) is 2.28. The number of nitrogens with zero attached hydrogens (tertiary/aromatic N) is 1. The van der Waals surface area contributed by atoms with E-state index in [2.05, 4.69) is 10.7 Å². The Morgan fingerprint density at radius 3 is 2.53 bits per heavy atom. The standard InChI is InChI=1S/C11H15NO3/c1-3-4-10(13)12-7-5-9(6-8-12)11(14)15-2/h1,9H,4-8H2,2H3. The Morgan fingerprint density at radius 1 is 1.47 bits per heavy atom.